The molecule has 0 aliphatic carbocycles. The molecule has 0 fully saturated rings. The highest BCUT2D eigenvalue weighted by Gasteiger charge is 2.09. The van der Waals surface area contributed by atoms with Gasteiger partial charge in [0.05, 0.1) is 13.7 Å². The summed E-state index contributed by atoms with van der Waals surface area (Å²) in [6, 6.07) is 23.5. The van der Waals surface area contributed by atoms with Gasteiger partial charge in [0, 0.05) is 12.1 Å². The van der Waals surface area contributed by atoms with Crippen LogP contribution in [0, 0.1) is 0 Å². The molecule has 0 saturated carbocycles. The summed E-state index contributed by atoms with van der Waals surface area (Å²) in [6.45, 7) is 3.22. The number of amides is 1. The van der Waals surface area contributed by atoms with Crippen molar-refractivity contribution in [2.45, 2.75) is 26.3 Å². The number of hydrogen-bond acceptors (Lipinski definition) is 3. The Morgan fingerprint density at radius 1 is 0.897 bits per heavy atom. The van der Waals surface area contributed by atoms with Crippen molar-refractivity contribution in [3.05, 3.63) is 83.9 Å². The largest absolute Gasteiger partial charge is 0.493 e. The lowest BCUT2D eigenvalue weighted by atomic mass is 10.0. The van der Waals surface area contributed by atoms with E-state index in [2.05, 4.69) is 24.4 Å². The number of ether oxygens (including phenoxy) is 2. The topological polar surface area (TPSA) is 47.6 Å². The summed E-state index contributed by atoms with van der Waals surface area (Å²) < 4.78 is 11.2. The van der Waals surface area contributed by atoms with Crippen molar-refractivity contribution in [1.82, 2.24) is 5.32 Å². The summed E-state index contributed by atoms with van der Waals surface area (Å²) in [6.07, 6.45) is 2.09. The van der Waals surface area contributed by atoms with Gasteiger partial charge >= 0.3 is 0 Å². The summed E-state index contributed by atoms with van der Waals surface area (Å²) >= 11 is 0. The van der Waals surface area contributed by atoms with Gasteiger partial charge in [0.25, 0.3) is 5.91 Å². The van der Waals surface area contributed by atoms with E-state index in [1.807, 2.05) is 60.7 Å². The predicted octanol–water partition coefficient (Wildman–Crippen LogP) is 5.47. The summed E-state index contributed by atoms with van der Waals surface area (Å²) in [5.74, 6) is 1.31. The Morgan fingerprint density at radius 2 is 1.62 bits per heavy atom. The smallest absolute Gasteiger partial charge is 0.251 e. The van der Waals surface area contributed by atoms with E-state index in [0.29, 0.717) is 24.5 Å². The van der Waals surface area contributed by atoms with Crippen LogP contribution in [0.3, 0.4) is 0 Å². The van der Waals surface area contributed by atoms with Crippen LogP contribution in [0.15, 0.2) is 72.8 Å². The first kappa shape index (κ1) is 20.5. The number of carbonyl (C=O) groups excluding carboxylic acids is 1. The van der Waals surface area contributed by atoms with E-state index in [4.69, 9.17) is 9.47 Å². The number of methoxy groups -OCH3 is 1. The Hall–Kier alpha value is -3.27. The van der Waals surface area contributed by atoms with Crippen molar-refractivity contribution in [2.75, 3.05) is 13.7 Å². The normalized spacial score (nSPS) is 10.4. The van der Waals surface area contributed by atoms with Gasteiger partial charge in [-0.1, -0.05) is 61.9 Å². The highest BCUT2D eigenvalue weighted by Crippen LogP contribution is 2.28. The molecule has 0 bridgehead atoms. The van der Waals surface area contributed by atoms with Gasteiger partial charge in [-0.2, -0.15) is 0 Å². The maximum atomic E-state index is 12.5. The number of benzene rings is 3. The average molecular weight is 389 g/mol. The maximum absolute atomic E-state index is 12.5. The summed E-state index contributed by atoms with van der Waals surface area (Å²) in [5.41, 5.74) is 3.81. The van der Waals surface area contributed by atoms with E-state index >= 15 is 0 Å². The van der Waals surface area contributed by atoms with Crippen molar-refractivity contribution < 1.29 is 14.3 Å². The average Bonchev–Trinajstić information content (AvgIpc) is 2.79. The molecule has 29 heavy (non-hydrogen) atoms. The third kappa shape index (κ3) is 5.61. The van der Waals surface area contributed by atoms with Crippen LogP contribution in [-0.4, -0.2) is 19.6 Å². The van der Waals surface area contributed by atoms with E-state index in [9.17, 15) is 4.79 Å². The van der Waals surface area contributed by atoms with Gasteiger partial charge in [0.2, 0.25) is 0 Å². The minimum absolute atomic E-state index is 0.105. The van der Waals surface area contributed by atoms with Crippen LogP contribution in [0.5, 0.6) is 11.5 Å². The van der Waals surface area contributed by atoms with Gasteiger partial charge in [-0.25, -0.2) is 0 Å². The highest BCUT2D eigenvalue weighted by atomic mass is 16.5. The Kier molecular flexibility index (Phi) is 7.28. The Bertz CT molecular complexity index is 921. The van der Waals surface area contributed by atoms with Gasteiger partial charge in [0.1, 0.15) is 0 Å². The minimum atomic E-state index is -0.105. The molecule has 0 saturated heterocycles. The highest BCUT2D eigenvalue weighted by molar-refractivity contribution is 5.94. The standard InChI is InChI=1S/C25H27NO3/c1-3-4-16-29-23-15-10-19(17-24(23)28-2)18-26-25(27)22-13-11-21(12-14-22)20-8-6-5-7-9-20/h5-15,17H,3-4,16,18H2,1-2H3,(H,26,27). The fourth-order valence-electron chi connectivity index (χ4n) is 3.00. The fourth-order valence-corrected chi connectivity index (χ4v) is 3.00. The zero-order valence-corrected chi connectivity index (χ0v) is 17.0. The minimum Gasteiger partial charge on any atom is -0.493 e. The molecule has 0 aliphatic heterocycles. The second-order valence-electron chi connectivity index (χ2n) is 6.81. The number of carbonyl (C=O) groups is 1. The molecular formula is C25H27NO3. The molecule has 0 unspecified atom stereocenters. The van der Waals surface area contributed by atoms with Crippen LogP contribution < -0.4 is 14.8 Å². The van der Waals surface area contributed by atoms with Crippen LogP contribution in [0.25, 0.3) is 11.1 Å². The lowest BCUT2D eigenvalue weighted by Crippen LogP contribution is -2.22. The molecule has 4 nitrogen and oxygen atoms in total. The van der Waals surface area contributed by atoms with E-state index in [-0.39, 0.29) is 5.91 Å². The lowest BCUT2D eigenvalue weighted by Gasteiger charge is -2.12. The molecule has 4 heteroatoms. The Labute approximate surface area is 172 Å². The molecule has 0 atom stereocenters. The van der Waals surface area contributed by atoms with Crippen LogP contribution in [0.2, 0.25) is 0 Å². The van der Waals surface area contributed by atoms with E-state index in [1.165, 1.54) is 0 Å². The second kappa shape index (κ2) is 10.3. The first-order valence-electron chi connectivity index (χ1n) is 9.94. The monoisotopic (exact) mass is 389 g/mol. The molecule has 0 heterocycles. The zero-order chi connectivity index (χ0) is 20.5. The van der Waals surface area contributed by atoms with Crippen LogP contribution in [-0.2, 0) is 6.54 Å². The molecule has 0 aliphatic rings. The third-order valence-corrected chi connectivity index (χ3v) is 4.69. The zero-order valence-electron chi connectivity index (χ0n) is 17.0. The molecule has 3 rings (SSSR count). The van der Waals surface area contributed by atoms with Gasteiger partial charge in [0.15, 0.2) is 11.5 Å². The molecule has 3 aromatic carbocycles. The van der Waals surface area contributed by atoms with E-state index in [0.717, 1.165) is 35.3 Å². The van der Waals surface area contributed by atoms with Crippen LogP contribution in [0.1, 0.15) is 35.7 Å². The van der Waals surface area contributed by atoms with Gasteiger partial charge < -0.3 is 14.8 Å². The van der Waals surface area contributed by atoms with E-state index in [1.54, 1.807) is 7.11 Å². The van der Waals surface area contributed by atoms with Crippen LogP contribution in [0.4, 0.5) is 0 Å². The SMILES string of the molecule is CCCCOc1ccc(CNC(=O)c2ccc(-c3ccccc3)cc2)cc1OC. The summed E-state index contributed by atoms with van der Waals surface area (Å²) in [4.78, 5) is 12.5. The van der Waals surface area contributed by atoms with Crippen molar-refractivity contribution in [2.24, 2.45) is 0 Å². The molecule has 0 radical (unpaired) electrons. The number of hydrogen-bond donors (Lipinski definition) is 1. The molecule has 3 aromatic rings. The lowest BCUT2D eigenvalue weighted by molar-refractivity contribution is 0.0951. The molecule has 1 amide bonds. The second-order valence-corrected chi connectivity index (χ2v) is 6.81. The van der Waals surface area contributed by atoms with Crippen molar-refractivity contribution in [1.29, 1.82) is 0 Å². The van der Waals surface area contributed by atoms with E-state index < -0.39 is 0 Å². The first-order valence-corrected chi connectivity index (χ1v) is 9.94. The fraction of sp³-hybridized carbons (Fsp3) is 0.240. The number of unbranched alkanes of at least 4 members (excludes halogenated alkanes) is 1. The third-order valence-electron chi connectivity index (χ3n) is 4.69. The molecule has 150 valence electrons. The van der Waals surface area contributed by atoms with Crippen molar-refractivity contribution >= 4 is 5.91 Å². The quantitative estimate of drug-likeness (QED) is 0.494. The number of nitrogens with one attached hydrogen (secondary N) is 1. The predicted molar refractivity (Wildman–Crippen MR) is 116 cm³/mol. The van der Waals surface area contributed by atoms with Gasteiger partial charge in [-0.05, 0) is 47.4 Å². The van der Waals surface area contributed by atoms with Gasteiger partial charge in [-0.15, -0.1) is 0 Å². The van der Waals surface area contributed by atoms with Crippen LogP contribution >= 0.6 is 0 Å². The van der Waals surface area contributed by atoms with Gasteiger partial charge in [-0.3, -0.25) is 4.79 Å². The van der Waals surface area contributed by atoms with Crippen molar-refractivity contribution in [3.63, 3.8) is 0 Å². The number of rotatable bonds is 9. The van der Waals surface area contributed by atoms with Crippen molar-refractivity contribution in [3.8, 4) is 22.6 Å². The Balaban J connectivity index is 1.60. The summed E-state index contributed by atoms with van der Waals surface area (Å²) in [5, 5.41) is 2.96. The molecule has 0 spiro atoms. The molecule has 1 N–H and O–H groups in total. The maximum Gasteiger partial charge on any atom is 0.251 e. The summed E-state index contributed by atoms with van der Waals surface area (Å²) in [7, 11) is 1.62. The molecular weight excluding hydrogens is 362 g/mol. The first-order chi connectivity index (χ1) is 14.2. The Morgan fingerprint density at radius 3 is 2.31 bits per heavy atom. The molecule has 0 aromatic heterocycles.